The fraction of sp³-hybridized carbons (Fsp3) is 0.483. The Hall–Kier alpha value is -2.75. The topological polar surface area (TPSA) is 66.8 Å². The molecule has 1 aromatic carbocycles. The Balaban J connectivity index is 2.29. The number of benzene rings is 1. The SMILES string of the molecule is C=C(C)C1CCC(C)=CC1c1c(O)cc(CC(=O)OC)c(C2C=C(C)CCC2C(=C)C)c1O. The molecule has 0 saturated carbocycles. The normalized spacial score (nSPS) is 25.1. The van der Waals surface area contributed by atoms with Crippen molar-refractivity contribution >= 4 is 5.97 Å². The van der Waals surface area contributed by atoms with E-state index in [2.05, 4.69) is 39.2 Å². The molecule has 3 rings (SSSR count). The summed E-state index contributed by atoms with van der Waals surface area (Å²) < 4.78 is 4.92. The summed E-state index contributed by atoms with van der Waals surface area (Å²) in [6.45, 7) is 16.6. The molecule has 0 fully saturated rings. The molecule has 2 aliphatic rings. The fourth-order valence-electron chi connectivity index (χ4n) is 5.63. The van der Waals surface area contributed by atoms with E-state index < -0.39 is 5.97 Å². The number of methoxy groups -OCH3 is 1. The van der Waals surface area contributed by atoms with Crippen LogP contribution in [0.5, 0.6) is 11.5 Å². The number of rotatable bonds is 6. The lowest BCUT2D eigenvalue weighted by Gasteiger charge is -2.35. The van der Waals surface area contributed by atoms with Crippen molar-refractivity contribution in [2.24, 2.45) is 11.8 Å². The van der Waals surface area contributed by atoms with E-state index >= 15 is 0 Å². The molecule has 1 aromatic rings. The predicted octanol–water partition coefficient (Wildman–Crippen LogP) is 6.85. The molecule has 33 heavy (non-hydrogen) atoms. The van der Waals surface area contributed by atoms with Crippen molar-refractivity contribution in [3.63, 3.8) is 0 Å². The van der Waals surface area contributed by atoms with Gasteiger partial charge in [-0.15, -0.1) is 0 Å². The van der Waals surface area contributed by atoms with E-state index in [1.54, 1.807) is 6.07 Å². The lowest BCUT2D eigenvalue weighted by atomic mass is 9.69. The van der Waals surface area contributed by atoms with Gasteiger partial charge in [0.25, 0.3) is 0 Å². The second-order valence-electron chi connectivity index (χ2n) is 10.0. The molecule has 0 saturated heterocycles. The summed E-state index contributed by atoms with van der Waals surface area (Å²) in [5.41, 5.74) is 6.42. The third-order valence-electron chi connectivity index (χ3n) is 7.43. The van der Waals surface area contributed by atoms with Gasteiger partial charge in [0.2, 0.25) is 0 Å². The third-order valence-corrected chi connectivity index (χ3v) is 7.43. The molecule has 0 bridgehead atoms. The van der Waals surface area contributed by atoms with Gasteiger partial charge >= 0.3 is 5.97 Å². The van der Waals surface area contributed by atoms with Gasteiger partial charge in [-0.05, 0) is 76.8 Å². The summed E-state index contributed by atoms with van der Waals surface area (Å²) in [4.78, 5) is 12.2. The summed E-state index contributed by atoms with van der Waals surface area (Å²) in [6.07, 6.45) is 8.16. The van der Waals surface area contributed by atoms with Crippen molar-refractivity contribution in [1.29, 1.82) is 0 Å². The first kappa shape index (κ1) is 24.9. The summed E-state index contributed by atoms with van der Waals surface area (Å²) in [5.74, 6) is -0.316. The first-order chi connectivity index (χ1) is 15.5. The summed E-state index contributed by atoms with van der Waals surface area (Å²) in [6, 6.07) is 1.65. The highest BCUT2D eigenvalue weighted by atomic mass is 16.5. The van der Waals surface area contributed by atoms with E-state index in [0.29, 0.717) is 16.7 Å². The Morgan fingerprint density at radius 3 is 1.91 bits per heavy atom. The molecule has 4 heteroatoms. The van der Waals surface area contributed by atoms with Crippen LogP contribution in [0.4, 0.5) is 0 Å². The van der Waals surface area contributed by atoms with Crippen LogP contribution in [0.1, 0.15) is 81.9 Å². The molecule has 2 N–H and O–H groups in total. The van der Waals surface area contributed by atoms with E-state index in [9.17, 15) is 15.0 Å². The summed E-state index contributed by atoms with van der Waals surface area (Å²) >= 11 is 0. The number of hydrogen-bond donors (Lipinski definition) is 2. The van der Waals surface area contributed by atoms with E-state index in [0.717, 1.165) is 36.8 Å². The minimum atomic E-state index is -0.403. The van der Waals surface area contributed by atoms with Crippen LogP contribution < -0.4 is 0 Å². The van der Waals surface area contributed by atoms with E-state index in [1.807, 2.05) is 13.8 Å². The molecule has 0 heterocycles. The largest absolute Gasteiger partial charge is 0.507 e. The van der Waals surface area contributed by atoms with Crippen molar-refractivity contribution < 1.29 is 19.7 Å². The number of carbonyl (C=O) groups is 1. The van der Waals surface area contributed by atoms with Crippen molar-refractivity contribution in [2.75, 3.05) is 7.11 Å². The monoisotopic (exact) mass is 450 g/mol. The third kappa shape index (κ3) is 5.10. The smallest absolute Gasteiger partial charge is 0.309 e. The van der Waals surface area contributed by atoms with E-state index in [1.165, 1.54) is 18.3 Å². The lowest BCUT2D eigenvalue weighted by molar-refractivity contribution is -0.139. The zero-order valence-electron chi connectivity index (χ0n) is 20.7. The van der Waals surface area contributed by atoms with E-state index in [-0.39, 0.29) is 41.6 Å². The maximum atomic E-state index is 12.2. The average Bonchev–Trinajstić information content (AvgIpc) is 2.73. The first-order valence-electron chi connectivity index (χ1n) is 11.8. The Labute approximate surface area is 198 Å². The van der Waals surface area contributed by atoms with Crippen molar-refractivity contribution in [3.8, 4) is 11.5 Å². The molecule has 0 radical (unpaired) electrons. The molecular formula is C29H38O4. The number of esters is 1. The van der Waals surface area contributed by atoms with Gasteiger partial charge in [0.05, 0.1) is 13.5 Å². The zero-order valence-corrected chi connectivity index (χ0v) is 20.7. The van der Waals surface area contributed by atoms with E-state index in [4.69, 9.17) is 4.74 Å². The van der Waals surface area contributed by atoms with Gasteiger partial charge in [-0.25, -0.2) is 0 Å². The molecule has 0 aliphatic heterocycles. The van der Waals surface area contributed by atoms with Crippen LogP contribution in [0.15, 0.2) is 53.7 Å². The maximum Gasteiger partial charge on any atom is 0.309 e. The number of hydrogen-bond acceptors (Lipinski definition) is 4. The van der Waals surface area contributed by atoms with Crippen LogP contribution in [0, 0.1) is 11.8 Å². The second-order valence-corrected chi connectivity index (χ2v) is 10.0. The average molecular weight is 451 g/mol. The van der Waals surface area contributed by atoms with Crippen LogP contribution in [-0.4, -0.2) is 23.3 Å². The molecule has 2 aliphatic carbocycles. The molecule has 178 valence electrons. The number of phenols is 2. The fourth-order valence-corrected chi connectivity index (χ4v) is 5.63. The minimum Gasteiger partial charge on any atom is -0.507 e. The summed E-state index contributed by atoms with van der Waals surface area (Å²) in [5, 5.41) is 22.9. The standard InChI is InChI=1S/C29H38O4/c1-16(2)21-10-8-18(5)12-23(21)27-20(15-26(31)33-7)14-25(30)28(29(27)32)24-13-19(6)9-11-22(24)17(3)4/h12-14,21-24,30,32H,1,3,8-11,15H2,2,4-7H3. The highest BCUT2D eigenvalue weighted by Gasteiger charge is 2.36. The van der Waals surface area contributed by atoms with Crippen LogP contribution in [0.3, 0.4) is 0 Å². The second kappa shape index (κ2) is 10.0. The first-order valence-corrected chi connectivity index (χ1v) is 11.8. The van der Waals surface area contributed by atoms with Gasteiger partial charge in [0.1, 0.15) is 11.5 Å². The van der Waals surface area contributed by atoms with Gasteiger partial charge in [0, 0.05) is 23.0 Å². The predicted molar refractivity (Wildman–Crippen MR) is 134 cm³/mol. The molecule has 4 nitrogen and oxygen atoms in total. The quantitative estimate of drug-likeness (QED) is 0.368. The van der Waals surface area contributed by atoms with Gasteiger partial charge in [-0.2, -0.15) is 0 Å². The van der Waals surface area contributed by atoms with Crippen molar-refractivity contribution in [1.82, 2.24) is 0 Å². The number of allylic oxidation sites excluding steroid dienone is 6. The van der Waals surface area contributed by atoms with Crippen LogP contribution >= 0.6 is 0 Å². The zero-order chi connectivity index (χ0) is 24.4. The Kier molecular flexibility index (Phi) is 7.56. The molecular weight excluding hydrogens is 412 g/mol. The molecule has 0 spiro atoms. The Morgan fingerprint density at radius 2 is 1.45 bits per heavy atom. The molecule has 0 aromatic heterocycles. The van der Waals surface area contributed by atoms with Gasteiger partial charge in [-0.3, -0.25) is 4.79 Å². The summed E-state index contributed by atoms with van der Waals surface area (Å²) in [7, 11) is 1.35. The number of aromatic hydroxyl groups is 2. The van der Waals surface area contributed by atoms with Crippen molar-refractivity contribution in [2.45, 2.75) is 71.6 Å². The molecule has 4 unspecified atom stereocenters. The minimum absolute atomic E-state index is 0.0109. The highest BCUT2D eigenvalue weighted by molar-refractivity contribution is 5.75. The van der Waals surface area contributed by atoms with Gasteiger partial charge in [0.15, 0.2) is 0 Å². The lowest BCUT2D eigenvalue weighted by Crippen LogP contribution is -2.21. The molecule has 4 atom stereocenters. The maximum absolute atomic E-state index is 12.2. The van der Waals surface area contributed by atoms with Gasteiger partial charge in [-0.1, -0.05) is 47.6 Å². The highest BCUT2D eigenvalue weighted by Crippen LogP contribution is 2.52. The van der Waals surface area contributed by atoms with Crippen LogP contribution in [0.2, 0.25) is 0 Å². The molecule has 0 amide bonds. The Morgan fingerprint density at radius 1 is 0.970 bits per heavy atom. The van der Waals surface area contributed by atoms with Crippen molar-refractivity contribution in [3.05, 3.63) is 70.4 Å². The van der Waals surface area contributed by atoms with Gasteiger partial charge < -0.3 is 14.9 Å². The van der Waals surface area contributed by atoms with Crippen LogP contribution in [-0.2, 0) is 16.0 Å². The number of ether oxygens (including phenoxy) is 1. The Bertz CT molecular complexity index is 1030. The van der Waals surface area contributed by atoms with Crippen LogP contribution in [0.25, 0.3) is 0 Å². The number of carbonyl (C=O) groups excluding carboxylic acids is 1. The number of phenolic OH excluding ortho intramolecular Hbond substituents is 2.